The van der Waals surface area contributed by atoms with Crippen molar-refractivity contribution in [3.8, 4) is 22.7 Å². The molecule has 0 aliphatic rings. The Hall–Kier alpha value is -4.19. The van der Waals surface area contributed by atoms with Gasteiger partial charge < -0.3 is 10.1 Å². The van der Waals surface area contributed by atoms with Crippen LogP contribution in [0.1, 0.15) is 37.9 Å². The van der Waals surface area contributed by atoms with E-state index in [2.05, 4.69) is 19.2 Å². The quantitative estimate of drug-likeness (QED) is 0.361. The fourth-order valence-electron chi connectivity index (χ4n) is 3.78. The summed E-state index contributed by atoms with van der Waals surface area (Å²) < 4.78 is 7.34. The van der Waals surface area contributed by atoms with Gasteiger partial charge in [-0.05, 0) is 41.3 Å². The van der Waals surface area contributed by atoms with Crippen LogP contribution in [0.2, 0.25) is 0 Å². The number of nitrogens with zero attached hydrogens (tertiary/aromatic N) is 2. The molecule has 0 fully saturated rings. The molecule has 0 bridgehead atoms. The number of carbonyl (C=O) groups is 2. The summed E-state index contributed by atoms with van der Waals surface area (Å²) in [7, 11) is 0. The molecular weight excluding hydrogens is 426 g/mol. The van der Waals surface area contributed by atoms with Gasteiger partial charge in [0.15, 0.2) is 0 Å². The third kappa shape index (κ3) is 5.23. The average molecular weight is 454 g/mol. The average Bonchev–Trinajstić information content (AvgIpc) is 3.19. The molecule has 0 aliphatic carbocycles. The SMILES string of the molecule is CC(=O)Oc1c(-c2ccc(NC(=O)Cc3ccccc3)cc2)c(C(C)C)nn1-c1ccccc1. The number of carbonyl (C=O) groups excluding carboxylic acids is 2. The standard InChI is InChI=1S/C28H27N3O3/c1-19(2)27-26(28(34-20(3)32)31(30-27)24-12-8-5-9-13-24)22-14-16-23(17-15-22)29-25(33)18-21-10-6-4-7-11-21/h4-17,19H,18H2,1-3H3,(H,29,33). The summed E-state index contributed by atoms with van der Waals surface area (Å²) in [6.45, 7) is 5.49. The zero-order valence-corrected chi connectivity index (χ0v) is 19.5. The van der Waals surface area contributed by atoms with Crippen LogP contribution in [0.3, 0.4) is 0 Å². The van der Waals surface area contributed by atoms with Crippen molar-refractivity contribution in [1.82, 2.24) is 9.78 Å². The maximum atomic E-state index is 12.4. The largest absolute Gasteiger partial charge is 0.407 e. The van der Waals surface area contributed by atoms with Crippen LogP contribution in [0.4, 0.5) is 5.69 Å². The molecule has 0 saturated heterocycles. The second-order valence-corrected chi connectivity index (χ2v) is 8.35. The first-order valence-corrected chi connectivity index (χ1v) is 11.2. The number of benzene rings is 3. The van der Waals surface area contributed by atoms with E-state index >= 15 is 0 Å². The Bertz CT molecular complexity index is 1280. The molecule has 6 nitrogen and oxygen atoms in total. The lowest BCUT2D eigenvalue weighted by molar-refractivity contribution is -0.132. The van der Waals surface area contributed by atoms with Crippen molar-refractivity contribution in [1.29, 1.82) is 0 Å². The molecule has 1 N–H and O–H groups in total. The minimum atomic E-state index is -0.418. The molecule has 1 heterocycles. The third-order valence-corrected chi connectivity index (χ3v) is 5.32. The van der Waals surface area contributed by atoms with E-state index in [1.807, 2.05) is 84.9 Å². The molecule has 1 aromatic heterocycles. The van der Waals surface area contributed by atoms with Crippen molar-refractivity contribution in [2.24, 2.45) is 0 Å². The number of hydrogen-bond donors (Lipinski definition) is 1. The fraction of sp³-hybridized carbons (Fsp3) is 0.179. The van der Waals surface area contributed by atoms with Crippen LogP contribution >= 0.6 is 0 Å². The molecule has 34 heavy (non-hydrogen) atoms. The summed E-state index contributed by atoms with van der Waals surface area (Å²) >= 11 is 0. The lowest BCUT2D eigenvalue weighted by atomic mass is 9.99. The van der Waals surface area contributed by atoms with E-state index in [0.29, 0.717) is 18.0 Å². The van der Waals surface area contributed by atoms with Crippen molar-refractivity contribution in [3.05, 3.63) is 96.2 Å². The molecule has 0 unspecified atom stereocenters. The van der Waals surface area contributed by atoms with Gasteiger partial charge in [-0.1, -0.05) is 74.5 Å². The molecule has 0 radical (unpaired) electrons. The molecule has 4 rings (SSSR count). The highest BCUT2D eigenvalue weighted by molar-refractivity contribution is 5.92. The van der Waals surface area contributed by atoms with Crippen molar-refractivity contribution in [2.75, 3.05) is 5.32 Å². The monoisotopic (exact) mass is 453 g/mol. The van der Waals surface area contributed by atoms with Crippen molar-refractivity contribution >= 4 is 17.6 Å². The van der Waals surface area contributed by atoms with Gasteiger partial charge in [-0.2, -0.15) is 9.78 Å². The van der Waals surface area contributed by atoms with Crippen LogP contribution < -0.4 is 10.1 Å². The summed E-state index contributed by atoms with van der Waals surface area (Å²) in [6, 6.07) is 26.7. The van der Waals surface area contributed by atoms with E-state index in [0.717, 1.165) is 28.1 Å². The minimum Gasteiger partial charge on any atom is -0.407 e. The number of esters is 1. The van der Waals surface area contributed by atoms with Crippen LogP contribution in [0.5, 0.6) is 5.88 Å². The van der Waals surface area contributed by atoms with Gasteiger partial charge in [0.25, 0.3) is 0 Å². The van der Waals surface area contributed by atoms with E-state index in [-0.39, 0.29) is 11.8 Å². The summed E-state index contributed by atoms with van der Waals surface area (Å²) in [5, 5.41) is 7.74. The molecule has 3 aromatic carbocycles. The molecule has 172 valence electrons. The molecule has 0 aliphatic heterocycles. The van der Waals surface area contributed by atoms with Crippen molar-refractivity contribution < 1.29 is 14.3 Å². The highest BCUT2D eigenvalue weighted by Crippen LogP contribution is 2.39. The topological polar surface area (TPSA) is 73.2 Å². The first-order chi connectivity index (χ1) is 16.4. The van der Waals surface area contributed by atoms with E-state index in [9.17, 15) is 9.59 Å². The second kappa shape index (κ2) is 10.2. The molecule has 0 spiro atoms. The Morgan fingerprint density at radius 3 is 2.12 bits per heavy atom. The Kier molecular flexibility index (Phi) is 6.87. The summed E-state index contributed by atoms with van der Waals surface area (Å²) in [5.74, 6) is -0.0273. The summed E-state index contributed by atoms with van der Waals surface area (Å²) in [4.78, 5) is 24.4. The maximum absolute atomic E-state index is 12.4. The normalized spacial score (nSPS) is 10.8. The maximum Gasteiger partial charge on any atom is 0.309 e. The van der Waals surface area contributed by atoms with Crippen LogP contribution in [-0.2, 0) is 16.0 Å². The van der Waals surface area contributed by atoms with Crippen LogP contribution in [0.15, 0.2) is 84.9 Å². The van der Waals surface area contributed by atoms with Gasteiger partial charge in [0, 0.05) is 12.6 Å². The van der Waals surface area contributed by atoms with Gasteiger partial charge in [-0.15, -0.1) is 0 Å². The molecule has 6 heteroatoms. The molecule has 1 amide bonds. The highest BCUT2D eigenvalue weighted by atomic mass is 16.5. The van der Waals surface area contributed by atoms with Gasteiger partial charge in [0.2, 0.25) is 11.8 Å². The van der Waals surface area contributed by atoms with Gasteiger partial charge in [0.1, 0.15) is 0 Å². The Morgan fingerprint density at radius 1 is 0.912 bits per heavy atom. The Labute approximate surface area is 199 Å². The van der Waals surface area contributed by atoms with E-state index in [1.54, 1.807) is 4.68 Å². The number of hydrogen-bond acceptors (Lipinski definition) is 4. The first-order valence-electron chi connectivity index (χ1n) is 11.2. The molecule has 4 aromatic rings. The Balaban J connectivity index is 1.67. The zero-order chi connectivity index (χ0) is 24.1. The van der Waals surface area contributed by atoms with Gasteiger partial charge >= 0.3 is 5.97 Å². The van der Waals surface area contributed by atoms with E-state index < -0.39 is 5.97 Å². The van der Waals surface area contributed by atoms with Gasteiger partial charge in [-0.3, -0.25) is 9.59 Å². The lowest BCUT2D eigenvalue weighted by Gasteiger charge is -2.11. The van der Waals surface area contributed by atoms with Crippen LogP contribution in [0.25, 0.3) is 16.8 Å². The fourth-order valence-corrected chi connectivity index (χ4v) is 3.78. The second-order valence-electron chi connectivity index (χ2n) is 8.35. The smallest absolute Gasteiger partial charge is 0.309 e. The van der Waals surface area contributed by atoms with Crippen molar-refractivity contribution in [2.45, 2.75) is 33.1 Å². The zero-order valence-electron chi connectivity index (χ0n) is 19.5. The van der Waals surface area contributed by atoms with E-state index in [4.69, 9.17) is 9.84 Å². The number of rotatable bonds is 7. The van der Waals surface area contributed by atoms with E-state index in [1.165, 1.54) is 6.92 Å². The number of anilines is 1. The van der Waals surface area contributed by atoms with Gasteiger partial charge in [-0.25, -0.2) is 0 Å². The molecular formula is C28H27N3O3. The Morgan fingerprint density at radius 2 is 1.53 bits per heavy atom. The number of para-hydroxylation sites is 1. The van der Waals surface area contributed by atoms with Crippen LogP contribution in [-0.4, -0.2) is 21.7 Å². The predicted molar refractivity (Wildman–Crippen MR) is 133 cm³/mol. The lowest BCUT2D eigenvalue weighted by Crippen LogP contribution is -2.14. The first kappa shape index (κ1) is 23.0. The van der Waals surface area contributed by atoms with Gasteiger partial charge in [0.05, 0.1) is 23.4 Å². The molecule has 0 saturated carbocycles. The summed E-state index contributed by atoms with van der Waals surface area (Å²) in [6.07, 6.45) is 0.306. The minimum absolute atomic E-state index is 0.0840. The van der Waals surface area contributed by atoms with Crippen LogP contribution in [0, 0.1) is 0 Å². The highest BCUT2D eigenvalue weighted by Gasteiger charge is 2.25. The number of ether oxygens (including phenoxy) is 1. The molecule has 0 atom stereocenters. The third-order valence-electron chi connectivity index (χ3n) is 5.32. The van der Waals surface area contributed by atoms with Crippen molar-refractivity contribution in [3.63, 3.8) is 0 Å². The number of nitrogens with one attached hydrogen (secondary N) is 1. The predicted octanol–water partition coefficient (Wildman–Crippen LogP) is 5.77. The summed E-state index contributed by atoms with van der Waals surface area (Å²) in [5.41, 5.74) is 4.88. The number of amides is 1. The number of aromatic nitrogens is 2.